The van der Waals surface area contributed by atoms with Crippen molar-refractivity contribution in [1.29, 1.82) is 0 Å². The van der Waals surface area contributed by atoms with Crippen LogP contribution in [0, 0.1) is 0 Å². The molecule has 0 radical (unpaired) electrons. The number of nitrogens with zero attached hydrogens (tertiary/aromatic N) is 3. The third kappa shape index (κ3) is 2.78. The molecule has 2 aliphatic rings. The van der Waals surface area contributed by atoms with Crippen molar-refractivity contribution in [3.63, 3.8) is 0 Å². The Labute approximate surface area is 157 Å². The molecule has 1 saturated carbocycles. The third-order valence-electron chi connectivity index (χ3n) is 5.95. The highest BCUT2D eigenvalue weighted by molar-refractivity contribution is 5.88. The molecule has 1 aliphatic carbocycles. The molecule has 2 aromatic heterocycles. The molecule has 1 aliphatic heterocycles. The van der Waals surface area contributed by atoms with Gasteiger partial charge < -0.3 is 20.5 Å². The molecular formula is C20H24N6O. The summed E-state index contributed by atoms with van der Waals surface area (Å²) in [5.41, 5.74) is 8.73. The van der Waals surface area contributed by atoms with Crippen LogP contribution in [-0.2, 0) is 17.8 Å². The molecule has 0 bridgehead atoms. The Morgan fingerprint density at radius 2 is 1.93 bits per heavy atom. The SMILES string of the molecule is NCc1ccc(CC(=O)N2CCN(c3n[nH]c4[nH]ccc34)CC23CC3)cc1. The van der Waals surface area contributed by atoms with Crippen LogP contribution in [0.3, 0.4) is 0 Å². The normalized spacial score (nSPS) is 18.4. The van der Waals surface area contributed by atoms with Crippen LogP contribution >= 0.6 is 0 Å². The maximum Gasteiger partial charge on any atom is 0.227 e. The minimum atomic E-state index is -0.0197. The van der Waals surface area contributed by atoms with Gasteiger partial charge in [0, 0.05) is 32.4 Å². The molecule has 5 rings (SSSR count). The molecule has 0 atom stereocenters. The summed E-state index contributed by atoms with van der Waals surface area (Å²) in [5, 5.41) is 8.65. The van der Waals surface area contributed by atoms with E-state index in [4.69, 9.17) is 5.73 Å². The molecule has 27 heavy (non-hydrogen) atoms. The molecule has 3 aromatic rings. The molecule has 2 fully saturated rings. The fourth-order valence-electron chi connectivity index (χ4n) is 4.24. The maximum atomic E-state index is 13.0. The smallest absolute Gasteiger partial charge is 0.227 e. The Morgan fingerprint density at radius 1 is 1.15 bits per heavy atom. The van der Waals surface area contributed by atoms with E-state index in [0.717, 1.165) is 60.5 Å². The van der Waals surface area contributed by atoms with E-state index in [9.17, 15) is 4.79 Å². The van der Waals surface area contributed by atoms with E-state index in [1.807, 2.05) is 30.5 Å². The van der Waals surface area contributed by atoms with Gasteiger partial charge in [-0.2, -0.15) is 5.10 Å². The lowest BCUT2D eigenvalue weighted by Crippen LogP contribution is -2.57. The molecule has 3 heterocycles. The fourth-order valence-corrected chi connectivity index (χ4v) is 4.24. The van der Waals surface area contributed by atoms with E-state index in [1.165, 1.54) is 0 Å². The second-order valence-electron chi connectivity index (χ2n) is 7.70. The number of aromatic amines is 2. The lowest BCUT2D eigenvalue weighted by molar-refractivity contribution is -0.134. The van der Waals surface area contributed by atoms with Crippen molar-refractivity contribution in [2.75, 3.05) is 24.5 Å². The van der Waals surface area contributed by atoms with Crippen LogP contribution < -0.4 is 10.6 Å². The van der Waals surface area contributed by atoms with E-state index in [-0.39, 0.29) is 11.4 Å². The first-order valence-corrected chi connectivity index (χ1v) is 9.53. The topological polar surface area (TPSA) is 94.0 Å². The van der Waals surface area contributed by atoms with E-state index in [1.54, 1.807) is 0 Å². The van der Waals surface area contributed by atoms with Gasteiger partial charge in [0.15, 0.2) is 5.82 Å². The summed E-state index contributed by atoms with van der Waals surface area (Å²) in [7, 11) is 0. The van der Waals surface area contributed by atoms with E-state index in [2.05, 4.69) is 31.0 Å². The first-order valence-electron chi connectivity index (χ1n) is 9.53. The van der Waals surface area contributed by atoms with Gasteiger partial charge in [-0.3, -0.25) is 9.89 Å². The standard InChI is InChI=1S/C20H24N6O/c21-12-15-3-1-14(2-4-15)11-17(27)26-10-9-25(13-20(26)6-7-20)19-16-5-8-22-18(16)23-24-19/h1-5,8H,6-7,9-13,21H2,(H2,22,23,24). The molecule has 1 spiro atoms. The van der Waals surface area contributed by atoms with Crippen molar-refractivity contribution in [3.8, 4) is 0 Å². The van der Waals surface area contributed by atoms with Gasteiger partial charge in [-0.15, -0.1) is 0 Å². The van der Waals surface area contributed by atoms with Gasteiger partial charge >= 0.3 is 0 Å². The van der Waals surface area contributed by atoms with Crippen LogP contribution in [0.25, 0.3) is 11.0 Å². The largest absolute Gasteiger partial charge is 0.350 e. The summed E-state index contributed by atoms with van der Waals surface area (Å²) < 4.78 is 0. The number of carbonyl (C=O) groups is 1. The molecule has 1 aromatic carbocycles. The van der Waals surface area contributed by atoms with Gasteiger partial charge in [-0.05, 0) is 30.0 Å². The van der Waals surface area contributed by atoms with Crippen LogP contribution in [0.15, 0.2) is 36.5 Å². The van der Waals surface area contributed by atoms with Crippen LogP contribution in [0.4, 0.5) is 5.82 Å². The van der Waals surface area contributed by atoms with Crippen LogP contribution in [0.2, 0.25) is 0 Å². The predicted molar refractivity (Wildman–Crippen MR) is 104 cm³/mol. The average molecular weight is 364 g/mol. The Kier molecular flexibility index (Phi) is 3.72. The number of hydrogen-bond acceptors (Lipinski definition) is 4. The zero-order valence-corrected chi connectivity index (χ0v) is 15.2. The van der Waals surface area contributed by atoms with E-state index in [0.29, 0.717) is 13.0 Å². The molecule has 7 heteroatoms. The number of benzene rings is 1. The highest BCUT2D eigenvalue weighted by Crippen LogP contribution is 2.45. The maximum absolute atomic E-state index is 13.0. The molecule has 4 N–H and O–H groups in total. The molecule has 1 saturated heterocycles. The molecule has 7 nitrogen and oxygen atoms in total. The average Bonchev–Trinajstić information content (AvgIpc) is 3.11. The fraction of sp³-hybridized carbons (Fsp3) is 0.400. The summed E-state index contributed by atoms with van der Waals surface area (Å²) in [4.78, 5) is 20.6. The highest BCUT2D eigenvalue weighted by atomic mass is 16.2. The quantitative estimate of drug-likeness (QED) is 0.658. The van der Waals surface area contributed by atoms with Crippen LogP contribution in [0.1, 0.15) is 24.0 Å². The van der Waals surface area contributed by atoms with Gasteiger partial charge in [0.1, 0.15) is 5.65 Å². The number of anilines is 1. The zero-order chi connectivity index (χ0) is 18.4. The van der Waals surface area contributed by atoms with Crippen molar-refractivity contribution in [3.05, 3.63) is 47.7 Å². The minimum absolute atomic E-state index is 0.0197. The monoisotopic (exact) mass is 364 g/mol. The Hall–Kier alpha value is -2.80. The van der Waals surface area contributed by atoms with Gasteiger partial charge in [0.2, 0.25) is 5.91 Å². The lowest BCUT2D eigenvalue weighted by Gasteiger charge is -2.42. The number of aromatic nitrogens is 3. The number of H-pyrrole nitrogens is 2. The Morgan fingerprint density at radius 3 is 2.67 bits per heavy atom. The Bertz CT molecular complexity index is 968. The number of fused-ring (bicyclic) bond motifs is 1. The zero-order valence-electron chi connectivity index (χ0n) is 15.2. The molecular weight excluding hydrogens is 340 g/mol. The second-order valence-corrected chi connectivity index (χ2v) is 7.70. The van der Waals surface area contributed by atoms with Crippen molar-refractivity contribution in [1.82, 2.24) is 20.1 Å². The number of carbonyl (C=O) groups excluding carboxylic acids is 1. The van der Waals surface area contributed by atoms with Crippen LogP contribution in [-0.4, -0.2) is 51.2 Å². The summed E-state index contributed by atoms with van der Waals surface area (Å²) in [5.74, 6) is 1.21. The van der Waals surface area contributed by atoms with Gasteiger partial charge in [-0.25, -0.2) is 0 Å². The number of nitrogens with one attached hydrogen (secondary N) is 2. The number of nitrogens with two attached hydrogens (primary N) is 1. The molecule has 1 amide bonds. The van der Waals surface area contributed by atoms with Crippen molar-refractivity contribution in [2.45, 2.75) is 31.3 Å². The minimum Gasteiger partial charge on any atom is -0.350 e. The summed E-state index contributed by atoms with van der Waals surface area (Å²) in [6, 6.07) is 10.1. The van der Waals surface area contributed by atoms with Crippen molar-refractivity contribution in [2.24, 2.45) is 5.73 Å². The number of hydrogen-bond donors (Lipinski definition) is 3. The molecule has 0 unspecified atom stereocenters. The van der Waals surface area contributed by atoms with Crippen LogP contribution in [0.5, 0.6) is 0 Å². The van der Waals surface area contributed by atoms with Gasteiger partial charge in [0.25, 0.3) is 0 Å². The number of rotatable bonds is 4. The highest BCUT2D eigenvalue weighted by Gasteiger charge is 2.53. The summed E-state index contributed by atoms with van der Waals surface area (Å²) in [6.45, 7) is 2.94. The Balaban J connectivity index is 1.31. The number of amides is 1. The number of piperazine rings is 1. The summed E-state index contributed by atoms with van der Waals surface area (Å²) >= 11 is 0. The van der Waals surface area contributed by atoms with E-state index < -0.39 is 0 Å². The van der Waals surface area contributed by atoms with Crippen molar-refractivity contribution >= 4 is 22.8 Å². The van der Waals surface area contributed by atoms with Gasteiger partial charge in [-0.1, -0.05) is 24.3 Å². The third-order valence-corrected chi connectivity index (χ3v) is 5.95. The molecule has 140 valence electrons. The first-order chi connectivity index (χ1) is 13.2. The predicted octanol–water partition coefficient (Wildman–Crippen LogP) is 1.77. The lowest BCUT2D eigenvalue weighted by atomic mass is 10.1. The van der Waals surface area contributed by atoms with Gasteiger partial charge in [0.05, 0.1) is 17.3 Å². The van der Waals surface area contributed by atoms with E-state index >= 15 is 0 Å². The second kappa shape index (κ2) is 6.13. The summed E-state index contributed by atoms with van der Waals surface area (Å²) in [6.07, 6.45) is 4.52. The first kappa shape index (κ1) is 16.4. The van der Waals surface area contributed by atoms with Crippen molar-refractivity contribution < 1.29 is 4.79 Å².